The van der Waals surface area contributed by atoms with Gasteiger partial charge in [-0.15, -0.1) is 0 Å². The van der Waals surface area contributed by atoms with Gasteiger partial charge in [-0.1, -0.05) is 30.3 Å². The molecule has 2 amide bonds. The number of hydrogen-bond acceptors (Lipinski definition) is 3. The molecule has 0 aromatic heterocycles. The van der Waals surface area contributed by atoms with Gasteiger partial charge in [-0.2, -0.15) is 0 Å². The van der Waals surface area contributed by atoms with E-state index in [0.29, 0.717) is 32.5 Å². The van der Waals surface area contributed by atoms with Gasteiger partial charge in [0.05, 0.1) is 5.92 Å². The molecule has 1 aromatic rings. The smallest absolute Gasteiger partial charge is 0.303 e. The highest BCUT2D eigenvalue weighted by atomic mass is 16.4. The minimum absolute atomic E-state index is 0.0590. The van der Waals surface area contributed by atoms with Crippen molar-refractivity contribution >= 4 is 17.8 Å². The average Bonchev–Trinajstić information content (AvgIpc) is 3.06. The Balaban J connectivity index is 1.50. The Kier molecular flexibility index (Phi) is 6.48. The second kappa shape index (κ2) is 9.02. The third-order valence-corrected chi connectivity index (χ3v) is 5.67. The SMILES string of the molecule is O=C(O)CC[C@@H]1CCCN(C(=O)[C@@H]2CC(=O)N(CCc3ccccc3)C2)C1. The molecule has 0 bridgehead atoms. The number of carboxylic acids is 1. The van der Waals surface area contributed by atoms with Crippen molar-refractivity contribution in [1.29, 1.82) is 0 Å². The van der Waals surface area contributed by atoms with Gasteiger partial charge in [0.25, 0.3) is 0 Å². The first kappa shape index (κ1) is 19.4. The number of likely N-dealkylation sites (tertiary alicyclic amines) is 2. The topological polar surface area (TPSA) is 77.9 Å². The van der Waals surface area contributed by atoms with Gasteiger partial charge >= 0.3 is 5.97 Å². The Bertz CT molecular complexity index is 676. The zero-order valence-corrected chi connectivity index (χ0v) is 15.7. The highest BCUT2D eigenvalue weighted by Gasteiger charge is 2.37. The van der Waals surface area contributed by atoms with Crippen LogP contribution in [0.5, 0.6) is 0 Å². The number of piperidine rings is 1. The van der Waals surface area contributed by atoms with E-state index in [2.05, 4.69) is 0 Å². The number of hydrogen-bond donors (Lipinski definition) is 1. The summed E-state index contributed by atoms with van der Waals surface area (Å²) in [5, 5.41) is 8.86. The van der Waals surface area contributed by atoms with Gasteiger partial charge in [-0.25, -0.2) is 0 Å². The Hall–Kier alpha value is -2.37. The highest BCUT2D eigenvalue weighted by Crippen LogP contribution is 2.26. The summed E-state index contributed by atoms with van der Waals surface area (Å²) < 4.78 is 0. The molecule has 0 saturated carbocycles. The van der Waals surface area contributed by atoms with Gasteiger partial charge in [-0.3, -0.25) is 14.4 Å². The number of aliphatic carboxylic acids is 1. The van der Waals surface area contributed by atoms with Gasteiger partial charge in [0.15, 0.2) is 0 Å². The number of carbonyl (C=O) groups is 3. The number of benzene rings is 1. The molecule has 2 saturated heterocycles. The Labute approximate surface area is 160 Å². The van der Waals surface area contributed by atoms with Crippen LogP contribution in [0, 0.1) is 11.8 Å². The van der Waals surface area contributed by atoms with Gasteiger partial charge < -0.3 is 14.9 Å². The first-order chi connectivity index (χ1) is 13.0. The average molecular weight is 372 g/mol. The Morgan fingerprint density at radius 3 is 2.67 bits per heavy atom. The van der Waals surface area contributed by atoms with Crippen molar-refractivity contribution in [2.45, 2.75) is 38.5 Å². The number of carboxylic acid groups (broad SMARTS) is 1. The lowest BCUT2D eigenvalue weighted by molar-refractivity contribution is -0.138. The van der Waals surface area contributed by atoms with Gasteiger partial charge in [0, 0.05) is 39.0 Å². The standard InChI is InChI=1S/C21H28N2O4/c24-19-13-18(15-22(19)12-10-16-5-2-1-3-6-16)21(27)23-11-4-7-17(14-23)8-9-20(25)26/h1-3,5-6,17-18H,4,7-15H2,(H,25,26)/t17-,18+/m0/s1. The molecular weight excluding hydrogens is 344 g/mol. The summed E-state index contributed by atoms with van der Waals surface area (Å²) in [6, 6.07) is 10.1. The first-order valence-electron chi connectivity index (χ1n) is 9.85. The predicted octanol–water partition coefficient (Wildman–Crippen LogP) is 2.18. The van der Waals surface area contributed by atoms with Crippen LogP contribution in [0.25, 0.3) is 0 Å². The van der Waals surface area contributed by atoms with Crippen molar-refractivity contribution in [3.63, 3.8) is 0 Å². The lowest BCUT2D eigenvalue weighted by Crippen LogP contribution is -2.43. The van der Waals surface area contributed by atoms with Crippen molar-refractivity contribution in [2.24, 2.45) is 11.8 Å². The molecule has 2 aliphatic rings. The van der Waals surface area contributed by atoms with E-state index in [0.717, 1.165) is 25.8 Å². The molecule has 6 heteroatoms. The Morgan fingerprint density at radius 2 is 1.93 bits per heavy atom. The molecule has 3 rings (SSSR count). The zero-order valence-electron chi connectivity index (χ0n) is 15.7. The van der Waals surface area contributed by atoms with Crippen molar-refractivity contribution in [2.75, 3.05) is 26.2 Å². The maximum Gasteiger partial charge on any atom is 0.303 e. The van der Waals surface area contributed by atoms with Crippen molar-refractivity contribution in [3.05, 3.63) is 35.9 Å². The lowest BCUT2D eigenvalue weighted by atomic mass is 9.92. The molecule has 146 valence electrons. The van der Waals surface area contributed by atoms with E-state index in [1.54, 1.807) is 4.90 Å². The summed E-state index contributed by atoms with van der Waals surface area (Å²) in [6.07, 6.45) is 3.75. The summed E-state index contributed by atoms with van der Waals surface area (Å²) in [6.45, 7) is 2.49. The summed E-state index contributed by atoms with van der Waals surface area (Å²) in [4.78, 5) is 39.6. The second-order valence-electron chi connectivity index (χ2n) is 7.70. The fourth-order valence-electron chi connectivity index (χ4n) is 4.15. The van der Waals surface area contributed by atoms with Crippen LogP contribution in [-0.4, -0.2) is 58.9 Å². The molecule has 2 aliphatic heterocycles. The van der Waals surface area contributed by atoms with Crippen molar-refractivity contribution < 1.29 is 19.5 Å². The molecule has 0 spiro atoms. The van der Waals surface area contributed by atoms with E-state index in [1.807, 2.05) is 35.2 Å². The van der Waals surface area contributed by atoms with E-state index in [4.69, 9.17) is 5.11 Å². The Morgan fingerprint density at radius 1 is 1.15 bits per heavy atom. The van der Waals surface area contributed by atoms with E-state index in [9.17, 15) is 14.4 Å². The quantitative estimate of drug-likeness (QED) is 0.796. The molecule has 0 unspecified atom stereocenters. The fourth-order valence-corrected chi connectivity index (χ4v) is 4.15. The third kappa shape index (κ3) is 5.31. The summed E-state index contributed by atoms with van der Waals surface area (Å²) in [5.41, 5.74) is 1.19. The van der Waals surface area contributed by atoms with Crippen LogP contribution < -0.4 is 0 Å². The van der Waals surface area contributed by atoms with Crippen LogP contribution >= 0.6 is 0 Å². The number of amides is 2. The van der Waals surface area contributed by atoms with Crippen LogP contribution in [0.15, 0.2) is 30.3 Å². The first-order valence-corrected chi connectivity index (χ1v) is 9.85. The van der Waals surface area contributed by atoms with Crippen molar-refractivity contribution in [1.82, 2.24) is 9.80 Å². The number of carbonyl (C=O) groups excluding carboxylic acids is 2. The molecule has 1 aromatic carbocycles. The molecule has 6 nitrogen and oxygen atoms in total. The normalized spacial score (nSPS) is 22.9. The van der Waals surface area contributed by atoms with E-state index in [1.165, 1.54) is 5.56 Å². The third-order valence-electron chi connectivity index (χ3n) is 5.67. The minimum atomic E-state index is -0.783. The van der Waals surface area contributed by atoms with Crippen LogP contribution in [0.3, 0.4) is 0 Å². The van der Waals surface area contributed by atoms with E-state index >= 15 is 0 Å². The van der Waals surface area contributed by atoms with Crippen LogP contribution in [-0.2, 0) is 20.8 Å². The minimum Gasteiger partial charge on any atom is -0.481 e. The monoisotopic (exact) mass is 372 g/mol. The zero-order chi connectivity index (χ0) is 19.2. The molecule has 1 N–H and O–H groups in total. The fraction of sp³-hybridized carbons (Fsp3) is 0.571. The summed E-state index contributed by atoms with van der Waals surface area (Å²) in [5.74, 6) is -0.667. The number of rotatable bonds is 7. The molecule has 0 radical (unpaired) electrons. The maximum atomic E-state index is 12.9. The maximum absolute atomic E-state index is 12.9. The molecule has 2 heterocycles. The summed E-state index contributed by atoms with van der Waals surface area (Å²) >= 11 is 0. The predicted molar refractivity (Wildman–Crippen MR) is 101 cm³/mol. The van der Waals surface area contributed by atoms with Gasteiger partial charge in [0.2, 0.25) is 11.8 Å². The molecular formula is C21H28N2O4. The lowest BCUT2D eigenvalue weighted by Gasteiger charge is -2.34. The molecule has 0 aliphatic carbocycles. The summed E-state index contributed by atoms with van der Waals surface area (Å²) in [7, 11) is 0. The molecule has 2 fully saturated rings. The van der Waals surface area contributed by atoms with Gasteiger partial charge in [-0.05, 0) is 37.2 Å². The highest BCUT2D eigenvalue weighted by molar-refractivity contribution is 5.89. The van der Waals surface area contributed by atoms with E-state index < -0.39 is 5.97 Å². The van der Waals surface area contributed by atoms with Crippen LogP contribution in [0.4, 0.5) is 0 Å². The van der Waals surface area contributed by atoms with Gasteiger partial charge in [0.1, 0.15) is 0 Å². The second-order valence-corrected chi connectivity index (χ2v) is 7.70. The molecule has 27 heavy (non-hydrogen) atoms. The number of nitrogens with zero attached hydrogens (tertiary/aromatic N) is 2. The largest absolute Gasteiger partial charge is 0.481 e. The van der Waals surface area contributed by atoms with E-state index in [-0.39, 0.29) is 30.1 Å². The van der Waals surface area contributed by atoms with Crippen LogP contribution in [0.1, 0.15) is 37.7 Å². The molecule has 2 atom stereocenters. The van der Waals surface area contributed by atoms with Crippen molar-refractivity contribution in [3.8, 4) is 0 Å². The van der Waals surface area contributed by atoms with Crippen LogP contribution in [0.2, 0.25) is 0 Å².